The molecule has 0 bridgehead atoms. The van der Waals surface area contributed by atoms with Crippen molar-refractivity contribution in [1.82, 2.24) is 14.7 Å². The summed E-state index contributed by atoms with van der Waals surface area (Å²) in [5.41, 5.74) is 0.386. The summed E-state index contributed by atoms with van der Waals surface area (Å²) in [5.74, 6) is 1.40. The summed E-state index contributed by atoms with van der Waals surface area (Å²) in [7, 11) is 0. The SMILES string of the molecule is O=C(CCn1[nH]c(=O)c2ccccc2c1=O)N1CCCC1c1ccc2c(c1)OCCO2. The number of nitrogens with zero attached hydrogens (tertiary/aromatic N) is 2. The fourth-order valence-electron chi connectivity index (χ4n) is 4.43. The van der Waals surface area contributed by atoms with E-state index in [1.54, 1.807) is 24.3 Å². The molecule has 1 atom stereocenters. The van der Waals surface area contributed by atoms with Gasteiger partial charge in [0, 0.05) is 13.0 Å². The number of likely N-dealkylation sites (tertiary alicyclic amines) is 1. The van der Waals surface area contributed by atoms with E-state index >= 15 is 0 Å². The molecular formula is C23H23N3O5. The molecule has 1 aromatic heterocycles. The number of ether oxygens (including phenoxy) is 2. The van der Waals surface area contributed by atoms with E-state index in [9.17, 15) is 14.4 Å². The standard InChI is InChI=1S/C23H23N3O5/c27-21(9-11-26-23(29)17-5-2-1-4-16(17)22(28)24-26)25-10-3-6-18(25)15-7-8-19-20(14-15)31-13-12-30-19/h1-2,4-5,7-8,14,18H,3,6,9-13H2,(H,24,28). The van der Waals surface area contributed by atoms with Crippen molar-refractivity contribution in [3.8, 4) is 11.5 Å². The number of amides is 1. The minimum Gasteiger partial charge on any atom is -0.486 e. The van der Waals surface area contributed by atoms with Crippen LogP contribution < -0.4 is 20.6 Å². The van der Waals surface area contributed by atoms with Gasteiger partial charge in [-0.1, -0.05) is 18.2 Å². The number of carbonyl (C=O) groups excluding carboxylic acids is 1. The number of hydrogen-bond donors (Lipinski definition) is 1. The van der Waals surface area contributed by atoms with Crippen LogP contribution in [0.5, 0.6) is 11.5 Å². The first kappa shape index (κ1) is 19.4. The van der Waals surface area contributed by atoms with E-state index in [4.69, 9.17) is 9.47 Å². The number of benzene rings is 2. The molecule has 0 radical (unpaired) electrons. The van der Waals surface area contributed by atoms with Crippen molar-refractivity contribution in [2.75, 3.05) is 19.8 Å². The molecule has 1 unspecified atom stereocenters. The minimum atomic E-state index is -0.335. The number of carbonyl (C=O) groups is 1. The number of fused-ring (bicyclic) bond motifs is 2. The zero-order valence-corrected chi connectivity index (χ0v) is 17.0. The number of nitrogens with one attached hydrogen (secondary N) is 1. The third kappa shape index (κ3) is 3.58. The number of aromatic amines is 1. The number of aromatic nitrogens is 2. The Balaban J connectivity index is 1.34. The first-order valence-corrected chi connectivity index (χ1v) is 10.5. The Morgan fingerprint density at radius 1 is 1.03 bits per heavy atom. The lowest BCUT2D eigenvalue weighted by molar-refractivity contribution is -0.132. The lowest BCUT2D eigenvalue weighted by Crippen LogP contribution is -2.34. The zero-order chi connectivity index (χ0) is 21.4. The molecule has 3 heterocycles. The van der Waals surface area contributed by atoms with Crippen LogP contribution in [0.15, 0.2) is 52.1 Å². The Morgan fingerprint density at radius 2 is 1.81 bits per heavy atom. The summed E-state index contributed by atoms with van der Waals surface area (Å²) in [6.45, 7) is 1.85. The Labute approximate surface area is 178 Å². The molecule has 1 amide bonds. The molecule has 1 N–H and O–H groups in total. The van der Waals surface area contributed by atoms with E-state index < -0.39 is 0 Å². The van der Waals surface area contributed by atoms with Crippen molar-refractivity contribution in [3.63, 3.8) is 0 Å². The van der Waals surface area contributed by atoms with Gasteiger partial charge < -0.3 is 14.4 Å². The highest BCUT2D eigenvalue weighted by Crippen LogP contribution is 2.38. The van der Waals surface area contributed by atoms with Crippen molar-refractivity contribution < 1.29 is 14.3 Å². The van der Waals surface area contributed by atoms with E-state index in [-0.39, 0.29) is 36.0 Å². The van der Waals surface area contributed by atoms with Gasteiger partial charge in [0.2, 0.25) is 5.91 Å². The zero-order valence-electron chi connectivity index (χ0n) is 17.0. The van der Waals surface area contributed by atoms with E-state index in [1.165, 1.54) is 4.68 Å². The maximum absolute atomic E-state index is 13.0. The lowest BCUT2D eigenvalue weighted by Gasteiger charge is -2.27. The summed E-state index contributed by atoms with van der Waals surface area (Å²) in [4.78, 5) is 39.8. The Hall–Kier alpha value is -3.55. The van der Waals surface area contributed by atoms with Crippen LogP contribution in [0, 0.1) is 0 Å². The number of rotatable bonds is 4. The lowest BCUT2D eigenvalue weighted by atomic mass is 10.0. The van der Waals surface area contributed by atoms with Crippen molar-refractivity contribution >= 4 is 16.7 Å². The topological polar surface area (TPSA) is 93.6 Å². The van der Waals surface area contributed by atoms with Crippen LogP contribution in [0.25, 0.3) is 10.8 Å². The molecule has 31 heavy (non-hydrogen) atoms. The van der Waals surface area contributed by atoms with Gasteiger partial charge in [0.05, 0.1) is 23.4 Å². The third-order valence-corrected chi connectivity index (χ3v) is 5.96. The number of hydrogen-bond acceptors (Lipinski definition) is 5. The third-order valence-electron chi connectivity index (χ3n) is 5.96. The highest BCUT2D eigenvalue weighted by atomic mass is 16.6. The molecular weight excluding hydrogens is 398 g/mol. The van der Waals surface area contributed by atoms with Crippen LogP contribution in [0.4, 0.5) is 0 Å². The molecule has 8 nitrogen and oxygen atoms in total. The van der Waals surface area contributed by atoms with Gasteiger partial charge in [-0.3, -0.25) is 19.5 Å². The first-order chi connectivity index (χ1) is 15.1. The van der Waals surface area contributed by atoms with E-state index in [0.29, 0.717) is 36.3 Å². The molecule has 0 spiro atoms. The van der Waals surface area contributed by atoms with E-state index in [2.05, 4.69) is 5.10 Å². The van der Waals surface area contributed by atoms with Gasteiger partial charge in [-0.2, -0.15) is 0 Å². The van der Waals surface area contributed by atoms with Gasteiger partial charge in [0.1, 0.15) is 13.2 Å². The Morgan fingerprint density at radius 3 is 2.65 bits per heavy atom. The number of H-pyrrole nitrogens is 1. The molecule has 2 aliphatic rings. The fraction of sp³-hybridized carbons (Fsp3) is 0.348. The van der Waals surface area contributed by atoms with Crippen LogP contribution in [0.2, 0.25) is 0 Å². The summed E-state index contributed by atoms with van der Waals surface area (Å²) in [6.07, 6.45) is 1.92. The van der Waals surface area contributed by atoms with Crippen molar-refractivity contribution in [2.45, 2.75) is 31.8 Å². The first-order valence-electron chi connectivity index (χ1n) is 10.5. The van der Waals surface area contributed by atoms with E-state index in [1.807, 2.05) is 23.1 Å². The second-order valence-corrected chi connectivity index (χ2v) is 7.84. The second kappa shape index (κ2) is 7.94. The Kier molecular flexibility index (Phi) is 4.97. The molecule has 160 valence electrons. The predicted octanol–water partition coefficient (Wildman–Crippen LogP) is 2.21. The maximum atomic E-state index is 13.0. The van der Waals surface area contributed by atoms with Crippen molar-refractivity contribution in [2.24, 2.45) is 0 Å². The summed E-state index contributed by atoms with van der Waals surface area (Å²) in [6, 6.07) is 12.5. The number of aryl methyl sites for hydroxylation is 1. The van der Waals surface area contributed by atoms with Crippen molar-refractivity contribution in [3.05, 3.63) is 68.7 Å². The van der Waals surface area contributed by atoms with Crippen LogP contribution in [-0.4, -0.2) is 40.3 Å². The molecule has 2 aliphatic heterocycles. The van der Waals surface area contributed by atoms with Gasteiger partial charge in [-0.25, -0.2) is 4.68 Å². The second-order valence-electron chi connectivity index (χ2n) is 7.84. The van der Waals surface area contributed by atoms with Crippen molar-refractivity contribution in [1.29, 1.82) is 0 Å². The molecule has 0 saturated carbocycles. The Bertz CT molecular complexity index is 1260. The van der Waals surface area contributed by atoms with E-state index in [0.717, 1.165) is 24.2 Å². The van der Waals surface area contributed by atoms with Gasteiger partial charge in [-0.05, 0) is 42.7 Å². The van der Waals surface area contributed by atoms with Gasteiger partial charge in [0.25, 0.3) is 11.1 Å². The van der Waals surface area contributed by atoms with Gasteiger partial charge in [-0.15, -0.1) is 0 Å². The molecule has 5 rings (SSSR count). The van der Waals surface area contributed by atoms with Crippen LogP contribution >= 0.6 is 0 Å². The largest absolute Gasteiger partial charge is 0.486 e. The van der Waals surface area contributed by atoms with Crippen LogP contribution in [0.1, 0.15) is 30.9 Å². The fourth-order valence-corrected chi connectivity index (χ4v) is 4.43. The highest BCUT2D eigenvalue weighted by molar-refractivity contribution is 5.80. The normalized spacial score (nSPS) is 17.8. The van der Waals surface area contributed by atoms with Crippen LogP contribution in [0.3, 0.4) is 0 Å². The monoisotopic (exact) mass is 421 g/mol. The summed E-state index contributed by atoms with van der Waals surface area (Å²) in [5, 5.41) is 3.30. The maximum Gasteiger partial charge on any atom is 0.273 e. The van der Waals surface area contributed by atoms with Crippen LogP contribution in [-0.2, 0) is 11.3 Å². The molecule has 2 aromatic carbocycles. The predicted molar refractivity (Wildman–Crippen MR) is 115 cm³/mol. The molecule has 8 heteroatoms. The summed E-state index contributed by atoms with van der Waals surface area (Å²) >= 11 is 0. The molecule has 3 aromatic rings. The smallest absolute Gasteiger partial charge is 0.273 e. The molecule has 1 saturated heterocycles. The van der Waals surface area contributed by atoms with Gasteiger partial charge >= 0.3 is 0 Å². The molecule has 1 fully saturated rings. The summed E-state index contributed by atoms with van der Waals surface area (Å²) < 4.78 is 12.5. The molecule has 0 aliphatic carbocycles. The average molecular weight is 421 g/mol. The highest BCUT2D eigenvalue weighted by Gasteiger charge is 2.30. The average Bonchev–Trinajstić information content (AvgIpc) is 3.30. The van der Waals surface area contributed by atoms with Gasteiger partial charge in [0.15, 0.2) is 11.5 Å². The minimum absolute atomic E-state index is 0.0318. The quantitative estimate of drug-likeness (QED) is 0.697.